The molecule has 0 saturated carbocycles. The van der Waals surface area contributed by atoms with E-state index in [1.54, 1.807) is 16.0 Å². The zero-order chi connectivity index (χ0) is 13.9. The molecule has 102 valence electrons. The maximum absolute atomic E-state index is 4.02. The van der Waals surface area contributed by atoms with Crippen LogP contribution in [0, 0.1) is 0 Å². The number of hydrogen-bond acceptors (Lipinski definition) is 5. The number of anilines is 1. The van der Waals surface area contributed by atoms with Gasteiger partial charge in [-0.2, -0.15) is 0 Å². The Hall–Kier alpha value is -1.73. The molecule has 2 aromatic heterocycles. The van der Waals surface area contributed by atoms with Crippen LogP contribution < -0.4 is 5.32 Å². The highest BCUT2D eigenvalue weighted by Gasteiger charge is 2.06. The van der Waals surface area contributed by atoms with Crippen molar-refractivity contribution in [2.45, 2.75) is 6.54 Å². The quantitative estimate of drug-likeness (QED) is 0.784. The normalized spacial score (nSPS) is 10.7. The van der Waals surface area contributed by atoms with E-state index in [0.29, 0.717) is 0 Å². The minimum absolute atomic E-state index is 0.757. The highest BCUT2D eigenvalue weighted by Crippen LogP contribution is 2.23. The van der Waals surface area contributed by atoms with E-state index in [9.17, 15) is 0 Å². The lowest BCUT2D eigenvalue weighted by Gasteiger charge is -2.06. The van der Waals surface area contributed by atoms with Gasteiger partial charge in [-0.15, -0.1) is 16.4 Å². The summed E-state index contributed by atoms with van der Waals surface area (Å²) in [6.07, 6.45) is 0. The third kappa shape index (κ3) is 2.88. The molecule has 0 bridgehead atoms. The summed E-state index contributed by atoms with van der Waals surface area (Å²) >= 11 is 5.19. The van der Waals surface area contributed by atoms with Crippen LogP contribution in [0.25, 0.3) is 11.4 Å². The summed E-state index contributed by atoms with van der Waals surface area (Å²) in [6, 6.07) is 10.2. The molecule has 3 rings (SSSR count). The van der Waals surface area contributed by atoms with Gasteiger partial charge >= 0.3 is 0 Å². The van der Waals surface area contributed by atoms with Crippen molar-refractivity contribution in [2.75, 3.05) is 5.32 Å². The molecule has 2 heterocycles. The zero-order valence-corrected chi connectivity index (χ0v) is 13.1. The van der Waals surface area contributed by atoms with Crippen LogP contribution in [0.2, 0.25) is 0 Å². The number of nitrogens with one attached hydrogen (secondary N) is 1. The Balaban J connectivity index is 1.76. The maximum atomic E-state index is 4.02. The minimum atomic E-state index is 0.757. The molecule has 0 amide bonds. The minimum Gasteiger partial charge on any atom is -0.380 e. The van der Waals surface area contributed by atoms with Crippen LogP contribution in [-0.4, -0.2) is 20.2 Å². The van der Waals surface area contributed by atoms with Gasteiger partial charge in [0.05, 0.1) is 0 Å². The fourth-order valence-electron chi connectivity index (χ4n) is 1.88. The van der Waals surface area contributed by atoms with Gasteiger partial charge in [-0.3, -0.25) is 0 Å². The number of nitrogens with zero attached hydrogens (tertiary/aromatic N) is 4. The van der Waals surface area contributed by atoms with Gasteiger partial charge in [-0.05, 0) is 44.6 Å². The smallest absolute Gasteiger partial charge is 0.181 e. The highest BCUT2D eigenvalue weighted by molar-refractivity contribution is 9.10. The first-order valence-electron chi connectivity index (χ1n) is 6.02. The molecule has 0 aliphatic heterocycles. The number of benzene rings is 1. The molecule has 0 radical (unpaired) electrons. The second kappa shape index (κ2) is 5.72. The molecule has 20 heavy (non-hydrogen) atoms. The van der Waals surface area contributed by atoms with E-state index in [1.165, 1.54) is 4.88 Å². The number of aromatic nitrogens is 4. The molecule has 0 aliphatic carbocycles. The van der Waals surface area contributed by atoms with Crippen molar-refractivity contribution in [3.8, 4) is 11.4 Å². The number of hydrogen-bond donors (Lipinski definition) is 1. The van der Waals surface area contributed by atoms with E-state index in [1.807, 2.05) is 31.3 Å². The summed E-state index contributed by atoms with van der Waals surface area (Å²) in [5.41, 5.74) is 2.05. The molecule has 0 aliphatic rings. The molecule has 1 aromatic carbocycles. The Kier molecular flexibility index (Phi) is 3.79. The van der Waals surface area contributed by atoms with Crippen LogP contribution >= 0.6 is 27.3 Å². The van der Waals surface area contributed by atoms with Gasteiger partial charge < -0.3 is 5.32 Å². The fraction of sp³-hybridized carbons (Fsp3) is 0.154. The summed E-state index contributed by atoms with van der Waals surface area (Å²) < 4.78 is 2.79. The molecule has 0 fully saturated rings. The predicted molar refractivity (Wildman–Crippen MR) is 83.6 cm³/mol. The molecule has 5 nitrogen and oxygen atoms in total. The Morgan fingerprint density at radius 2 is 2.25 bits per heavy atom. The molecule has 0 saturated heterocycles. The first kappa shape index (κ1) is 13.3. The third-order valence-electron chi connectivity index (χ3n) is 2.83. The largest absolute Gasteiger partial charge is 0.380 e. The van der Waals surface area contributed by atoms with Gasteiger partial charge in [0.25, 0.3) is 0 Å². The van der Waals surface area contributed by atoms with Crippen molar-refractivity contribution >= 4 is 33.0 Å². The molecule has 0 atom stereocenters. The van der Waals surface area contributed by atoms with Crippen molar-refractivity contribution in [1.29, 1.82) is 0 Å². The molecule has 0 unspecified atom stereocenters. The average molecular weight is 350 g/mol. The first-order chi connectivity index (χ1) is 9.72. The van der Waals surface area contributed by atoms with Crippen LogP contribution in [0.5, 0.6) is 0 Å². The van der Waals surface area contributed by atoms with Gasteiger partial charge in [0.1, 0.15) is 0 Å². The van der Waals surface area contributed by atoms with Crippen LogP contribution in [0.1, 0.15) is 4.88 Å². The van der Waals surface area contributed by atoms with Gasteiger partial charge in [0, 0.05) is 39.6 Å². The monoisotopic (exact) mass is 349 g/mol. The van der Waals surface area contributed by atoms with Gasteiger partial charge in [0.2, 0.25) is 0 Å². The lowest BCUT2D eigenvalue weighted by Crippen LogP contribution is -1.99. The Morgan fingerprint density at radius 1 is 1.35 bits per heavy atom. The summed E-state index contributed by atoms with van der Waals surface area (Å²) in [6.45, 7) is 0.802. The summed E-state index contributed by atoms with van der Waals surface area (Å²) in [4.78, 5) is 1.28. The summed E-state index contributed by atoms with van der Waals surface area (Å²) in [5, 5.41) is 17.0. The number of aryl methyl sites for hydroxylation is 1. The number of thiophene rings is 1. The van der Waals surface area contributed by atoms with Crippen molar-refractivity contribution in [2.24, 2.45) is 7.05 Å². The number of rotatable bonds is 4. The second-order valence-electron chi connectivity index (χ2n) is 4.29. The van der Waals surface area contributed by atoms with E-state index in [0.717, 1.165) is 28.1 Å². The van der Waals surface area contributed by atoms with Crippen molar-refractivity contribution < 1.29 is 0 Å². The van der Waals surface area contributed by atoms with Crippen LogP contribution in [0.3, 0.4) is 0 Å². The summed E-state index contributed by atoms with van der Waals surface area (Å²) in [7, 11) is 1.83. The molecule has 0 spiro atoms. The van der Waals surface area contributed by atoms with Crippen molar-refractivity contribution in [1.82, 2.24) is 20.2 Å². The Labute approximate surface area is 128 Å². The molecular formula is C13H12BrN5S. The van der Waals surface area contributed by atoms with Crippen molar-refractivity contribution in [3.05, 3.63) is 45.1 Å². The van der Waals surface area contributed by atoms with Crippen LogP contribution in [0.15, 0.2) is 40.2 Å². The van der Waals surface area contributed by atoms with E-state index in [-0.39, 0.29) is 0 Å². The Bertz CT molecular complexity index is 721. The van der Waals surface area contributed by atoms with Gasteiger partial charge in [-0.25, -0.2) is 4.68 Å². The topological polar surface area (TPSA) is 55.6 Å². The molecule has 7 heteroatoms. The maximum Gasteiger partial charge on any atom is 0.181 e. The average Bonchev–Trinajstić information content (AvgIpc) is 3.05. The number of halogens is 1. The lowest BCUT2D eigenvalue weighted by atomic mass is 10.2. The summed E-state index contributed by atoms with van der Waals surface area (Å²) in [5.74, 6) is 0.757. The third-order valence-corrected chi connectivity index (χ3v) is 4.53. The zero-order valence-electron chi connectivity index (χ0n) is 10.7. The molecule has 3 aromatic rings. The first-order valence-corrected chi connectivity index (χ1v) is 7.69. The SMILES string of the molecule is Cn1nnnc1-c1cccc(NCc2cc(Br)cs2)c1. The van der Waals surface area contributed by atoms with Gasteiger partial charge in [-0.1, -0.05) is 12.1 Å². The highest BCUT2D eigenvalue weighted by atomic mass is 79.9. The number of tetrazole rings is 1. The lowest BCUT2D eigenvalue weighted by molar-refractivity contribution is 0.714. The predicted octanol–water partition coefficient (Wildman–Crippen LogP) is 3.31. The Morgan fingerprint density at radius 3 is 2.95 bits per heavy atom. The van der Waals surface area contributed by atoms with Crippen LogP contribution in [-0.2, 0) is 13.6 Å². The van der Waals surface area contributed by atoms with Crippen LogP contribution in [0.4, 0.5) is 5.69 Å². The molecular weight excluding hydrogens is 338 g/mol. The van der Waals surface area contributed by atoms with E-state index < -0.39 is 0 Å². The van der Waals surface area contributed by atoms with Crippen molar-refractivity contribution in [3.63, 3.8) is 0 Å². The standard InChI is InChI=1S/C13H12BrN5S/c1-19-13(16-17-18-19)9-3-2-4-11(5-9)15-7-12-6-10(14)8-20-12/h2-6,8,15H,7H2,1H3. The fourth-order valence-corrected chi connectivity index (χ4v) is 3.27. The van der Waals surface area contributed by atoms with E-state index in [4.69, 9.17) is 0 Å². The van der Waals surface area contributed by atoms with Gasteiger partial charge in [0.15, 0.2) is 5.82 Å². The van der Waals surface area contributed by atoms with E-state index >= 15 is 0 Å². The molecule has 1 N–H and O–H groups in total. The van der Waals surface area contributed by atoms with E-state index in [2.05, 4.69) is 48.2 Å². The second-order valence-corrected chi connectivity index (χ2v) is 6.20.